The lowest BCUT2D eigenvalue weighted by molar-refractivity contribution is -0.232. The highest BCUT2D eigenvalue weighted by Gasteiger charge is 2.35. The van der Waals surface area contributed by atoms with Crippen molar-refractivity contribution in [3.05, 3.63) is 0 Å². The van der Waals surface area contributed by atoms with Crippen LogP contribution in [0.5, 0.6) is 0 Å². The highest BCUT2D eigenvalue weighted by Crippen LogP contribution is 2.23. The van der Waals surface area contributed by atoms with E-state index in [2.05, 4.69) is 54.3 Å². The lowest BCUT2D eigenvalue weighted by atomic mass is 10.0. The molecule has 3 saturated heterocycles. The number of methoxy groups -OCH3 is 2. The van der Waals surface area contributed by atoms with Crippen LogP contribution in [0.3, 0.4) is 0 Å². The average molecular weight is 1030 g/mol. The van der Waals surface area contributed by atoms with E-state index in [0.717, 1.165) is 78.2 Å². The van der Waals surface area contributed by atoms with Crippen LogP contribution >= 0.6 is 0 Å². The largest absolute Gasteiger partial charge is 0.396 e. The van der Waals surface area contributed by atoms with Crippen molar-refractivity contribution in [3.63, 3.8) is 0 Å². The monoisotopic (exact) mass is 1030 g/mol. The molecule has 0 aromatic carbocycles. The van der Waals surface area contributed by atoms with Crippen LogP contribution in [0.1, 0.15) is 141 Å². The fourth-order valence-electron chi connectivity index (χ4n) is 7.02. The number of nitrogens with two attached hydrogens (primary N) is 1. The fraction of sp³-hybridized carbons (Fsp3) is 1.00. The van der Waals surface area contributed by atoms with E-state index >= 15 is 0 Å². The maximum Gasteiger partial charge on any atom is 0.160 e. The molecule has 3 aliphatic heterocycles. The average Bonchev–Trinajstić information content (AvgIpc) is 3.31. The number of hydrogen-bond acceptors (Lipinski definition) is 18. The molecule has 432 valence electrons. The van der Waals surface area contributed by atoms with Crippen molar-refractivity contribution in [2.75, 3.05) is 109 Å². The Morgan fingerprint density at radius 1 is 0.563 bits per heavy atom. The first-order chi connectivity index (χ1) is 33.7. The highest BCUT2D eigenvalue weighted by atomic mass is 16.7. The zero-order valence-corrected chi connectivity index (χ0v) is 49.3. The van der Waals surface area contributed by atoms with E-state index in [1.807, 2.05) is 97.6 Å². The molecule has 3 fully saturated rings. The minimum Gasteiger partial charge on any atom is -0.396 e. The van der Waals surface area contributed by atoms with Gasteiger partial charge in [0.05, 0.1) is 80.2 Å². The lowest BCUT2D eigenvalue weighted by Crippen LogP contribution is -2.53. The van der Waals surface area contributed by atoms with E-state index in [1.54, 1.807) is 14.2 Å². The van der Waals surface area contributed by atoms with Gasteiger partial charge >= 0.3 is 0 Å². The van der Waals surface area contributed by atoms with Crippen LogP contribution in [0.25, 0.3) is 0 Å². The summed E-state index contributed by atoms with van der Waals surface area (Å²) in [5.41, 5.74) is 5.92. The summed E-state index contributed by atoms with van der Waals surface area (Å²) in [5, 5.41) is 24.5. The molecular formula is C53H118N6O12. The van der Waals surface area contributed by atoms with Crippen LogP contribution in [0.15, 0.2) is 0 Å². The van der Waals surface area contributed by atoms with Crippen molar-refractivity contribution in [1.82, 2.24) is 26.6 Å². The highest BCUT2D eigenvalue weighted by molar-refractivity contribution is 4.85. The van der Waals surface area contributed by atoms with Gasteiger partial charge in [-0.2, -0.15) is 0 Å². The van der Waals surface area contributed by atoms with Gasteiger partial charge in [-0.05, 0) is 189 Å². The molecule has 0 saturated carbocycles. The Bertz CT molecular complexity index is 1070. The fourth-order valence-corrected chi connectivity index (χ4v) is 7.02. The van der Waals surface area contributed by atoms with Crippen molar-refractivity contribution in [2.24, 2.45) is 11.7 Å². The maximum atomic E-state index is 8.93. The smallest absolute Gasteiger partial charge is 0.160 e. The summed E-state index contributed by atoms with van der Waals surface area (Å²) in [5.74, 6) is 0.328. The molecule has 0 spiro atoms. The maximum absolute atomic E-state index is 8.93. The van der Waals surface area contributed by atoms with Gasteiger partial charge in [0, 0.05) is 59.5 Å². The molecule has 10 atom stereocenters. The van der Waals surface area contributed by atoms with Gasteiger partial charge in [0.15, 0.2) is 18.9 Å². The molecule has 3 unspecified atom stereocenters. The summed E-state index contributed by atoms with van der Waals surface area (Å²) >= 11 is 0. The molecule has 0 aromatic rings. The second-order valence-electron chi connectivity index (χ2n) is 19.8. The van der Waals surface area contributed by atoms with Crippen molar-refractivity contribution >= 4 is 0 Å². The Morgan fingerprint density at radius 2 is 1.06 bits per heavy atom. The molecule has 8 N–H and O–H groups in total. The van der Waals surface area contributed by atoms with Crippen molar-refractivity contribution in [3.8, 4) is 0 Å². The minimum absolute atomic E-state index is 0.0163. The molecule has 3 aliphatic rings. The lowest BCUT2D eigenvalue weighted by Gasteiger charge is -2.38. The summed E-state index contributed by atoms with van der Waals surface area (Å²) in [6, 6.07) is 0.719. The Morgan fingerprint density at radius 3 is 1.51 bits per heavy atom. The van der Waals surface area contributed by atoms with Gasteiger partial charge < -0.3 is 89.5 Å². The predicted octanol–water partition coefficient (Wildman–Crippen LogP) is 5.85. The Balaban J connectivity index is -0.000000787. The van der Waals surface area contributed by atoms with Crippen LogP contribution in [0.2, 0.25) is 0 Å². The molecule has 18 heteroatoms. The van der Waals surface area contributed by atoms with E-state index in [1.165, 1.54) is 12.8 Å². The topological polar surface area (TPSA) is 208 Å². The van der Waals surface area contributed by atoms with E-state index in [4.69, 9.17) is 62.9 Å². The summed E-state index contributed by atoms with van der Waals surface area (Å²) in [4.78, 5) is 0. The minimum atomic E-state index is -0.185. The summed E-state index contributed by atoms with van der Waals surface area (Å²) in [7, 11) is 13.1. The number of likely N-dealkylation sites (N-methyl/N-ethyl adjacent to an activating group) is 2. The summed E-state index contributed by atoms with van der Waals surface area (Å²) < 4.78 is 60.1. The van der Waals surface area contributed by atoms with E-state index in [0.29, 0.717) is 43.3 Å². The molecule has 3 heterocycles. The van der Waals surface area contributed by atoms with Gasteiger partial charge in [-0.3, -0.25) is 0 Å². The summed E-state index contributed by atoms with van der Waals surface area (Å²) in [6.07, 6.45) is 9.65. The third-order valence-electron chi connectivity index (χ3n) is 11.0. The molecule has 0 aromatic heterocycles. The third-order valence-corrected chi connectivity index (χ3v) is 11.0. The van der Waals surface area contributed by atoms with Gasteiger partial charge in [0.25, 0.3) is 0 Å². The van der Waals surface area contributed by atoms with Crippen LogP contribution in [0, 0.1) is 5.92 Å². The van der Waals surface area contributed by atoms with Crippen LogP contribution in [0.4, 0.5) is 0 Å². The zero-order valence-electron chi connectivity index (χ0n) is 49.3. The quantitative estimate of drug-likeness (QED) is 0.0459. The molecule has 0 bridgehead atoms. The van der Waals surface area contributed by atoms with E-state index in [-0.39, 0.29) is 74.2 Å². The van der Waals surface area contributed by atoms with Gasteiger partial charge in [-0.1, -0.05) is 0 Å². The first-order valence-electron chi connectivity index (χ1n) is 27.1. The molecule has 0 aliphatic carbocycles. The van der Waals surface area contributed by atoms with Gasteiger partial charge in [-0.25, -0.2) is 0 Å². The zero-order chi connectivity index (χ0) is 54.6. The molecule has 71 heavy (non-hydrogen) atoms. The predicted molar refractivity (Wildman–Crippen MR) is 290 cm³/mol. The molecule has 3 rings (SSSR count). The summed E-state index contributed by atoms with van der Waals surface area (Å²) in [6.45, 7) is 33.5. The number of aliphatic hydroxyl groups excluding tert-OH is 1. The molecular weight excluding hydrogens is 913 g/mol. The van der Waals surface area contributed by atoms with Crippen LogP contribution in [-0.2, 0) is 52.1 Å². The SMILES string of the molecule is CNC1CC[C@@H](OC(C)C)OC1.CNC1CO[C@H](OC(C)C)C[C@@H]1OC.CNCCCCOC(C)C.CNCCCOC(C)C.CNC[C@H](CO)CCOC(C)C.CO[C@H]1C[C@@H](OC(C)C)O[C@@H](C)C1N. The number of unbranched alkanes of at least 4 members (excludes halogenated alkanes) is 1. The normalized spacial score (nSPS) is 24.8. The Hall–Kier alpha value is -0.720. The van der Waals surface area contributed by atoms with Crippen LogP contribution < -0.4 is 32.3 Å². The van der Waals surface area contributed by atoms with Gasteiger partial charge in [-0.15, -0.1) is 0 Å². The Kier molecular flexibility index (Phi) is 52.6. The van der Waals surface area contributed by atoms with Crippen LogP contribution in [-0.4, -0.2) is 206 Å². The molecule has 18 nitrogen and oxygen atoms in total. The van der Waals surface area contributed by atoms with Gasteiger partial charge in [0.2, 0.25) is 0 Å². The van der Waals surface area contributed by atoms with Crippen molar-refractivity contribution < 1.29 is 57.2 Å². The number of aliphatic hydroxyl groups is 1. The first kappa shape index (κ1) is 74.5. The number of hydrogen-bond donors (Lipinski definition) is 7. The van der Waals surface area contributed by atoms with E-state index in [9.17, 15) is 0 Å². The second kappa shape index (κ2) is 50.1. The van der Waals surface area contributed by atoms with Gasteiger partial charge in [0.1, 0.15) is 0 Å². The second-order valence-corrected chi connectivity index (χ2v) is 19.8. The third kappa shape index (κ3) is 46.3. The molecule has 0 radical (unpaired) electrons. The number of ether oxygens (including phenoxy) is 11. The van der Waals surface area contributed by atoms with Crippen molar-refractivity contribution in [2.45, 2.75) is 233 Å². The molecule has 0 amide bonds. The standard InChI is InChI=1S/2C10H21NO3.C9H19NO2.C9H21NO2.C8H19NO.C7H17NO/c1-7(2)14-10-5-9(12-4)8(11-3)6-13-10;1-6(2)13-9-5-8(12-4)10(11)7(3)14-9;1-7(2)12-9-5-4-8(10-3)6-11-9;1-8(2)12-5-4-9(7-11)6-10-3;1-8(2)10-7-5-4-6-9-3;1-7(2)9-6-4-5-8-3/h7-11H,5-6H2,1-4H3;6-10H,5,11H2,1-4H3;7-10H,4-6H2,1-3H3;8-11H,4-7H2,1-3H3;8-9H,4-7H2,1-3H3;7-8H,4-6H2,1-3H3/t8?,9-,10+;7-,8-,9-,10?;8?,9-;9-;;/m0011../s1. The number of rotatable bonds is 28. The van der Waals surface area contributed by atoms with E-state index < -0.39 is 0 Å². The first-order valence-corrected chi connectivity index (χ1v) is 27.1. The van der Waals surface area contributed by atoms with Crippen molar-refractivity contribution in [1.29, 1.82) is 0 Å². The number of nitrogens with one attached hydrogen (secondary N) is 5. The Labute approximate surface area is 436 Å².